The number of aromatic amines is 1. The van der Waals surface area contributed by atoms with E-state index in [9.17, 15) is 10.2 Å². The van der Waals surface area contributed by atoms with Gasteiger partial charge in [0.2, 0.25) is 0 Å². The Bertz CT molecular complexity index is 510. The highest BCUT2D eigenvalue weighted by molar-refractivity contribution is 6.32. The highest BCUT2D eigenvalue weighted by Gasteiger charge is 2.14. The maximum Gasteiger partial charge on any atom is 0.177 e. The molecule has 0 spiro atoms. The molecule has 1 aromatic carbocycles. The molecule has 6 heteroatoms. The smallest absolute Gasteiger partial charge is 0.177 e. The first kappa shape index (κ1) is 9.67. The van der Waals surface area contributed by atoms with Gasteiger partial charge in [0.05, 0.1) is 11.2 Å². The number of hydrogen-bond donors (Lipinski definition) is 4. The van der Waals surface area contributed by atoms with E-state index < -0.39 is 0 Å². The molecular weight excluding hydrogens is 218 g/mol. The fourth-order valence-corrected chi connectivity index (χ4v) is 1.44. The van der Waals surface area contributed by atoms with Crippen molar-refractivity contribution in [3.63, 3.8) is 0 Å². The Morgan fingerprint density at radius 1 is 1.20 bits per heavy atom. The van der Waals surface area contributed by atoms with Crippen LogP contribution >= 0.6 is 11.6 Å². The largest absolute Gasteiger partial charge is 0.504 e. The average molecular weight is 226 g/mol. The minimum atomic E-state index is -0.366. The number of nitrogens with one attached hydrogen (secondary N) is 1. The predicted molar refractivity (Wildman–Crippen MR) is 56.8 cm³/mol. The monoisotopic (exact) mass is 225 g/mol. The summed E-state index contributed by atoms with van der Waals surface area (Å²) in [7, 11) is 0. The lowest BCUT2D eigenvalue weighted by atomic mass is 10.1. The molecule has 0 radical (unpaired) electrons. The Labute approximate surface area is 90.1 Å². The SMILES string of the molecule is Nc1[nH]ncc1-c1ccc(Cl)c(O)c1O. The Morgan fingerprint density at radius 3 is 2.53 bits per heavy atom. The summed E-state index contributed by atoms with van der Waals surface area (Å²) in [6.45, 7) is 0. The molecule has 0 saturated heterocycles. The Morgan fingerprint density at radius 2 is 1.93 bits per heavy atom. The first-order valence-electron chi connectivity index (χ1n) is 4.11. The molecule has 2 rings (SSSR count). The number of nitrogens with two attached hydrogens (primary N) is 1. The molecule has 1 heterocycles. The number of nitrogen functional groups attached to an aromatic ring is 1. The zero-order chi connectivity index (χ0) is 11.0. The van der Waals surface area contributed by atoms with Crippen LogP contribution in [0.3, 0.4) is 0 Å². The minimum Gasteiger partial charge on any atom is -0.504 e. The number of aromatic hydroxyl groups is 2. The number of H-pyrrole nitrogens is 1. The van der Waals surface area contributed by atoms with Crippen molar-refractivity contribution in [2.24, 2.45) is 0 Å². The standard InChI is InChI=1S/C9H8ClN3O2/c10-6-2-1-4(7(14)8(6)15)5-3-12-13-9(5)11/h1-3,14-15H,(H3,11,12,13). The van der Waals surface area contributed by atoms with Crippen LogP contribution in [0.5, 0.6) is 11.5 Å². The molecule has 0 saturated carbocycles. The second kappa shape index (κ2) is 3.36. The van der Waals surface area contributed by atoms with E-state index in [0.29, 0.717) is 16.9 Å². The summed E-state index contributed by atoms with van der Waals surface area (Å²) in [6, 6.07) is 3.02. The van der Waals surface area contributed by atoms with Crippen molar-refractivity contribution in [3.05, 3.63) is 23.4 Å². The second-order valence-corrected chi connectivity index (χ2v) is 3.40. The van der Waals surface area contributed by atoms with Crippen LogP contribution in [0.15, 0.2) is 18.3 Å². The predicted octanol–water partition coefficient (Wildman–Crippen LogP) is 1.72. The van der Waals surface area contributed by atoms with Gasteiger partial charge in [-0.3, -0.25) is 5.10 Å². The molecule has 2 aromatic rings. The molecule has 0 atom stereocenters. The molecule has 1 aromatic heterocycles. The lowest BCUT2D eigenvalue weighted by molar-refractivity contribution is 0.405. The maximum absolute atomic E-state index is 9.64. The van der Waals surface area contributed by atoms with Crippen LogP contribution in [0, 0.1) is 0 Å². The number of rotatable bonds is 1. The maximum atomic E-state index is 9.64. The first-order chi connectivity index (χ1) is 7.11. The summed E-state index contributed by atoms with van der Waals surface area (Å²) < 4.78 is 0. The van der Waals surface area contributed by atoms with Crippen molar-refractivity contribution in [2.75, 3.05) is 5.73 Å². The fraction of sp³-hybridized carbons (Fsp3) is 0. The fourth-order valence-electron chi connectivity index (χ4n) is 1.28. The zero-order valence-corrected chi connectivity index (χ0v) is 8.28. The van der Waals surface area contributed by atoms with Gasteiger partial charge in [0.25, 0.3) is 0 Å². The van der Waals surface area contributed by atoms with Gasteiger partial charge in [-0.25, -0.2) is 0 Å². The molecule has 0 bridgehead atoms. The molecular formula is C9H8ClN3O2. The third-order valence-corrected chi connectivity index (χ3v) is 2.37. The van der Waals surface area contributed by atoms with Gasteiger partial charge in [-0.05, 0) is 12.1 Å². The molecule has 0 amide bonds. The van der Waals surface area contributed by atoms with Gasteiger partial charge in [0.15, 0.2) is 11.5 Å². The number of benzene rings is 1. The van der Waals surface area contributed by atoms with Crippen LogP contribution in [0.2, 0.25) is 5.02 Å². The van der Waals surface area contributed by atoms with E-state index in [4.69, 9.17) is 17.3 Å². The zero-order valence-electron chi connectivity index (χ0n) is 7.53. The van der Waals surface area contributed by atoms with Crippen molar-refractivity contribution in [1.82, 2.24) is 10.2 Å². The normalized spacial score (nSPS) is 10.5. The molecule has 0 aliphatic rings. The van der Waals surface area contributed by atoms with Gasteiger partial charge in [0.1, 0.15) is 5.82 Å². The van der Waals surface area contributed by atoms with Crippen molar-refractivity contribution >= 4 is 17.4 Å². The third-order valence-electron chi connectivity index (χ3n) is 2.06. The Hall–Kier alpha value is -1.88. The van der Waals surface area contributed by atoms with Crippen LogP contribution in [0.4, 0.5) is 5.82 Å². The summed E-state index contributed by atoms with van der Waals surface area (Å²) >= 11 is 5.62. The van der Waals surface area contributed by atoms with E-state index in [1.807, 2.05) is 0 Å². The first-order valence-corrected chi connectivity index (χ1v) is 4.48. The van der Waals surface area contributed by atoms with Crippen molar-refractivity contribution < 1.29 is 10.2 Å². The van der Waals surface area contributed by atoms with Crippen LogP contribution < -0.4 is 5.73 Å². The van der Waals surface area contributed by atoms with Gasteiger partial charge < -0.3 is 15.9 Å². The Balaban J connectivity index is 2.65. The third kappa shape index (κ3) is 1.46. The molecule has 0 unspecified atom stereocenters. The molecule has 0 fully saturated rings. The number of hydrogen-bond acceptors (Lipinski definition) is 4. The second-order valence-electron chi connectivity index (χ2n) is 2.99. The number of nitrogens with zero attached hydrogens (tertiary/aromatic N) is 1. The van der Waals surface area contributed by atoms with Crippen LogP contribution in [0.25, 0.3) is 11.1 Å². The van der Waals surface area contributed by atoms with Gasteiger partial charge in [0, 0.05) is 11.1 Å². The highest BCUT2D eigenvalue weighted by atomic mass is 35.5. The summed E-state index contributed by atoms with van der Waals surface area (Å²) in [6.07, 6.45) is 1.46. The number of aromatic nitrogens is 2. The van der Waals surface area contributed by atoms with Gasteiger partial charge in [-0.1, -0.05) is 11.6 Å². The lowest BCUT2D eigenvalue weighted by Crippen LogP contribution is -1.88. The van der Waals surface area contributed by atoms with Crippen LogP contribution in [0.1, 0.15) is 0 Å². The molecule has 5 N–H and O–H groups in total. The van der Waals surface area contributed by atoms with E-state index in [-0.39, 0.29) is 16.5 Å². The minimum absolute atomic E-state index is 0.0818. The number of anilines is 1. The molecule has 0 aliphatic carbocycles. The van der Waals surface area contributed by atoms with Crippen molar-refractivity contribution in [2.45, 2.75) is 0 Å². The van der Waals surface area contributed by atoms with E-state index in [0.717, 1.165) is 0 Å². The van der Waals surface area contributed by atoms with Gasteiger partial charge >= 0.3 is 0 Å². The number of phenols is 2. The summed E-state index contributed by atoms with van der Waals surface area (Å²) in [5.41, 5.74) is 6.48. The molecule has 5 nitrogen and oxygen atoms in total. The number of phenolic OH excluding ortho intramolecular Hbond substituents is 2. The van der Waals surface area contributed by atoms with E-state index in [2.05, 4.69) is 10.2 Å². The van der Waals surface area contributed by atoms with Crippen LogP contribution in [-0.2, 0) is 0 Å². The average Bonchev–Trinajstić information content (AvgIpc) is 2.62. The van der Waals surface area contributed by atoms with Crippen LogP contribution in [-0.4, -0.2) is 20.4 Å². The summed E-state index contributed by atoms with van der Waals surface area (Å²) in [4.78, 5) is 0. The quantitative estimate of drug-likeness (QED) is 0.556. The van der Waals surface area contributed by atoms with E-state index in [1.165, 1.54) is 12.3 Å². The molecule has 0 aliphatic heterocycles. The topological polar surface area (TPSA) is 95.2 Å². The number of halogens is 1. The summed E-state index contributed by atoms with van der Waals surface area (Å²) in [5, 5.41) is 25.4. The van der Waals surface area contributed by atoms with Gasteiger partial charge in [-0.2, -0.15) is 5.10 Å². The lowest BCUT2D eigenvalue weighted by Gasteiger charge is -2.06. The summed E-state index contributed by atoms with van der Waals surface area (Å²) in [5.74, 6) is -0.364. The van der Waals surface area contributed by atoms with Gasteiger partial charge in [-0.15, -0.1) is 0 Å². The van der Waals surface area contributed by atoms with Crippen molar-refractivity contribution in [3.8, 4) is 22.6 Å². The molecule has 78 valence electrons. The molecule has 15 heavy (non-hydrogen) atoms. The highest BCUT2D eigenvalue weighted by Crippen LogP contribution is 2.41. The van der Waals surface area contributed by atoms with E-state index >= 15 is 0 Å². The van der Waals surface area contributed by atoms with Crippen molar-refractivity contribution in [1.29, 1.82) is 0 Å². The Kier molecular flexibility index (Phi) is 2.17. The van der Waals surface area contributed by atoms with E-state index in [1.54, 1.807) is 6.07 Å².